The van der Waals surface area contributed by atoms with Crippen LogP contribution < -0.4 is 10.6 Å². The second-order valence-corrected chi connectivity index (χ2v) is 4.71. The van der Waals surface area contributed by atoms with Crippen LogP contribution in [0.25, 0.3) is 0 Å². The normalized spacial score (nSPS) is 10.2. The van der Waals surface area contributed by atoms with Crippen molar-refractivity contribution in [3.05, 3.63) is 53.9 Å². The summed E-state index contributed by atoms with van der Waals surface area (Å²) in [5.41, 5.74) is 8.65. The average molecular weight is 285 g/mol. The number of anilines is 2. The summed E-state index contributed by atoms with van der Waals surface area (Å²) in [5, 5.41) is 0. The van der Waals surface area contributed by atoms with E-state index >= 15 is 0 Å². The van der Waals surface area contributed by atoms with Gasteiger partial charge in [-0.3, -0.25) is 4.98 Å². The molecule has 0 aliphatic rings. The molecule has 0 amide bonds. The number of nitrogens with two attached hydrogens (primary N) is 1. The van der Waals surface area contributed by atoms with Crippen molar-refractivity contribution in [2.45, 2.75) is 13.5 Å². The third-order valence-electron chi connectivity index (χ3n) is 3.12. The van der Waals surface area contributed by atoms with Crippen molar-refractivity contribution in [1.82, 2.24) is 4.98 Å². The van der Waals surface area contributed by atoms with E-state index in [0.717, 1.165) is 11.3 Å². The van der Waals surface area contributed by atoms with Gasteiger partial charge in [-0.05, 0) is 36.8 Å². The van der Waals surface area contributed by atoms with Crippen LogP contribution >= 0.6 is 0 Å². The van der Waals surface area contributed by atoms with E-state index < -0.39 is 5.97 Å². The number of aromatic nitrogens is 1. The fraction of sp³-hybridized carbons (Fsp3) is 0.250. The molecule has 0 radical (unpaired) electrons. The Morgan fingerprint density at radius 1 is 1.38 bits per heavy atom. The molecule has 5 heteroatoms. The topological polar surface area (TPSA) is 68.5 Å². The molecule has 1 aromatic heterocycles. The Labute approximate surface area is 124 Å². The number of carbonyl (C=O) groups is 1. The van der Waals surface area contributed by atoms with Gasteiger partial charge in [-0.1, -0.05) is 6.07 Å². The standard InChI is InChI=1S/C16H19N3O2/c1-3-21-16(20)14-9-13(6-7-15(14)17)19(2)11-12-5-4-8-18-10-12/h4-10H,3,11,17H2,1-2H3. The number of esters is 1. The number of hydrogen-bond donors (Lipinski definition) is 1. The van der Waals surface area contributed by atoms with Gasteiger partial charge in [0.15, 0.2) is 0 Å². The molecule has 5 nitrogen and oxygen atoms in total. The minimum absolute atomic E-state index is 0.327. The van der Waals surface area contributed by atoms with Gasteiger partial charge < -0.3 is 15.4 Å². The van der Waals surface area contributed by atoms with Crippen molar-refractivity contribution in [3.8, 4) is 0 Å². The Kier molecular flexibility index (Phi) is 4.77. The summed E-state index contributed by atoms with van der Waals surface area (Å²) in [7, 11) is 1.95. The lowest BCUT2D eigenvalue weighted by Gasteiger charge is -2.20. The summed E-state index contributed by atoms with van der Waals surface area (Å²) >= 11 is 0. The van der Waals surface area contributed by atoms with Gasteiger partial charge in [0.05, 0.1) is 12.2 Å². The third kappa shape index (κ3) is 3.72. The van der Waals surface area contributed by atoms with E-state index in [1.54, 1.807) is 25.3 Å². The van der Waals surface area contributed by atoms with Crippen LogP contribution in [0.5, 0.6) is 0 Å². The summed E-state index contributed by atoms with van der Waals surface area (Å²) in [6, 6.07) is 9.27. The highest BCUT2D eigenvalue weighted by Crippen LogP contribution is 2.22. The molecule has 1 heterocycles. The zero-order valence-corrected chi connectivity index (χ0v) is 12.2. The number of nitrogens with zero attached hydrogens (tertiary/aromatic N) is 2. The predicted octanol–water partition coefficient (Wildman–Crippen LogP) is 2.48. The lowest BCUT2D eigenvalue weighted by atomic mass is 10.1. The second-order valence-electron chi connectivity index (χ2n) is 4.71. The Morgan fingerprint density at radius 3 is 2.86 bits per heavy atom. The van der Waals surface area contributed by atoms with E-state index in [0.29, 0.717) is 24.4 Å². The highest BCUT2D eigenvalue weighted by Gasteiger charge is 2.13. The van der Waals surface area contributed by atoms with Gasteiger partial charge in [-0.2, -0.15) is 0 Å². The van der Waals surface area contributed by atoms with Gasteiger partial charge in [-0.25, -0.2) is 4.79 Å². The molecule has 0 aliphatic heterocycles. The Morgan fingerprint density at radius 2 is 2.19 bits per heavy atom. The van der Waals surface area contributed by atoms with E-state index in [4.69, 9.17) is 10.5 Å². The van der Waals surface area contributed by atoms with Crippen molar-refractivity contribution in [3.63, 3.8) is 0 Å². The number of pyridine rings is 1. The first-order valence-electron chi connectivity index (χ1n) is 6.78. The third-order valence-corrected chi connectivity index (χ3v) is 3.12. The second kappa shape index (κ2) is 6.74. The lowest BCUT2D eigenvalue weighted by molar-refractivity contribution is 0.0527. The number of carbonyl (C=O) groups excluding carboxylic acids is 1. The summed E-state index contributed by atoms with van der Waals surface area (Å²) < 4.78 is 5.01. The van der Waals surface area contributed by atoms with E-state index in [-0.39, 0.29) is 0 Å². The van der Waals surface area contributed by atoms with Gasteiger partial charge in [0.2, 0.25) is 0 Å². The van der Waals surface area contributed by atoms with E-state index in [2.05, 4.69) is 4.98 Å². The fourth-order valence-corrected chi connectivity index (χ4v) is 2.02. The fourth-order valence-electron chi connectivity index (χ4n) is 2.02. The minimum Gasteiger partial charge on any atom is -0.462 e. The van der Waals surface area contributed by atoms with Crippen molar-refractivity contribution < 1.29 is 9.53 Å². The quantitative estimate of drug-likeness (QED) is 0.675. The molecule has 1 aromatic carbocycles. The highest BCUT2D eigenvalue weighted by molar-refractivity contribution is 5.96. The molecule has 2 aromatic rings. The van der Waals surface area contributed by atoms with Crippen molar-refractivity contribution in [1.29, 1.82) is 0 Å². The summed E-state index contributed by atoms with van der Waals surface area (Å²) in [5.74, 6) is -0.397. The molecule has 2 rings (SSSR count). The number of nitrogen functional groups attached to an aromatic ring is 1. The highest BCUT2D eigenvalue weighted by atomic mass is 16.5. The lowest BCUT2D eigenvalue weighted by Crippen LogP contribution is -2.17. The molecule has 0 unspecified atom stereocenters. The van der Waals surface area contributed by atoms with Gasteiger partial charge in [-0.15, -0.1) is 0 Å². The SMILES string of the molecule is CCOC(=O)c1cc(N(C)Cc2cccnc2)ccc1N. The maximum Gasteiger partial charge on any atom is 0.340 e. The monoisotopic (exact) mass is 285 g/mol. The van der Waals surface area contributed by atoms with E-state index in [9.17, 15) is 4.79 Å². The summed E-state index contributed by atoms with van der Waals surface area (Å²) in [4.78, 5) is 18.0. The Hall–Kier alpha value is -2.56. The van der Waals surface area contributed by atoms with E-state index in [1.165, 1.54) is 0 Å². The summed E-state index contributed by atoms with van der Waals surface area (Å²) in [6.07, 6.45) is 3.56. The Balaban J connectivity index is 2.20. The largest absolute Gasteiger partial charge is 0.462 e. The van der Waals surface area contributed by atoms with Gasteiger partial charge >= 0.3 is 5.97 Å². The van der Waals surface area contributed by atoms with Crippen molar-refractivity contribution in [2.75, 3.05) is 24.3 Å². The zero-order chi connectivity index (χ0) is 15.2. The molecular formula is C16H19N3O2. The van der Waals surface area contributed by atoms with Crippen LogP contribution in [0.15, 0.2) is 42.7 Å². The van der Waals surface area contributed by atoms with Crippen LogP contribution in [-0.4, -0.2) is 24.6 Å². The first kappa shape index (κ1) is 14.8. The average Bonchev–Trinajstić information content (AvgIpc) is 2.48. The number of hydrogen-bond acceptors (Lipinski definition) is 5. The maximum absolute atomic E-state index is 11.9. The number of rotatable bonds is 5. The molecule has 0 saturated carbocycles. The molecule has 0 bridgehead atoms. The molecule has 0 fully saturated rings. The van der Waals surface area contributed by atoms with Crippen molar-refractivity contribution >= 4 is 17.3 Å². The predicted molar refractivity (Wildman–Crippen MR) is 83.2 cm³/mol. The van der Waals surface area contributed by atoms with Crippen LogP contribution in [0.2, 0.25) is 0 Å². The molecule has 0 saturated heterocycles. The first-order chi connectivity index (χ1) is 10.1. The molecule has 0 atom stereocenters. The Bertz CT molecular complexity index is 614. The summed E-state index contributed by atoms with van der Waals surface area (Å²) in [6.45, 7) is 2.79. The molecular weight excluding hydrogens is 266 g/mol. The van der Waals surface area contributed by atoms with Crippen LogP contribution in [0, 0.1) is 0 Å². The first-order valence-corrected chi connectivity index (χ1v) is 6.78. The molecule has 2 N–H and O–H groups in total. The van der Waals surface area contributed by atoms with Crippen LogP contribution in [-0.2, 0) is 11.3 Å². The van der Waals surface area contributed by atoms with Gasteiger partial charge in [0, 0.05) is 37.4 Å². The number of benzene rings is 1. The van der Waals surface area contributed by atoms with Gasteiger partial charge in [0.25, 0.3) is 0 Å². The minimum atomic E-state index is -0.397. The molecule has 0 spiro atoms. The molecule has 21 heavy (non-hydrogen) atoms. The zero-order valence-electron chi connectivity index (χ0n) is 12.2. The number of ether oxygens (including phenoxy) is 1. The van der Waals surface area contributed by atoms with Crippen LogP contribution in [0.4, 0.5) is 11.4 Å². The van der Waals surface area contributed by atoms with Gasteiger partial charge in [0.1, 0.15) is 0 Å². The van der Waals surface area contributed by atoms with Crippen LogP contribution in [0.1, 0.15) is 22.8 Å². The smallest absolute Gasteiger partial charge is 0.340 e. The molecule has 110 valence electrons. The van der Waals surface area contributed by atoms with E-state index in [1.807, 2.05) is 36.3 Å². The molecule has 0 aliphatic carbocycles. The maximum atomic E-state index is 11.9. The van der Waals surface area contributed by atoms with Crippen LogP contribution in [0.3, 0.4) is 0 Å². The van der Waals surface area contributed by atoms with Crippen molar-refractivity contribution in [2.24, 2.45) is 0 Å².